The van der Waals surface area contributed by atoms with Gasteiger partial charge in [0.05, 0.1) is 6.10 Å². The molecule has 0 unspecified atom stereocenters. The Hall–Kier alpha value is -3.02. The number of rotatable bonds is 4. The minimum absolute atomic E-state index is 0.310. The summed E-state index contributed by atoms with van der Waals surface area (Å²) in [5.41, 5.74) is 3.27. The zero-order valence-electron chi connectivity index (χ0n) is 15.2. The van der Waals surface area contributed by atoms with Crippen LogP contribution in [0.5, 0.6) is 0 Å². The van der Waals surface area contributed by atoms with Gasteiger partial charge in [-0.05, 0) is 29.3 Å². The molecule has 0 saturated carbocycles. The third-order valence-corrected chi connectivity index (χ3v) is 5.14. The number of para-hydroxylation sites is 1. The number of aliphatic hydroxyl groups excluding tert-OH is 1. The van der Waals surface area contributed by atoms with Gasteiger partial charge in [0.1, 0.15) is 11.9 Å². The van der Waals surface area contributed by atoms with E-state index in [1.165, 1.54) is 12.1 Å². The fourth-order valence-corrected chi connectivity index (χ4v) is 3.70. The lowest BCUT2D eigenvalue weighted by molar-refractivity contribution is -0.119. The zero-order chi connectivity index (χ0) is 19.5. The van der Waals surface area contributed by atoms with E-state index in [0.29, 0.717) is 17.8 Å². The summed E-state index contributed by atoms with van der Waals surface area (Å²) in [4.78, 5) is 12.8. The van der Waals surface area contributed by atoms with Gasteiger partial charge in [0.15, 0.2) is 0 Å². The van der Waals surface area contributed by atoms with Gasteiger partial charge >= 0.3 is 0 Å². The number of anilines is 1. The molecule has 0 aliphatic carbocycles. The van der Waals surface area contributed by atoms with E-state index in [-0.39, 0.29) is 17.6 Å². The Bertz CT molecular complexity index is 977. The standard InChI is InChI=1S/C23H21FN2O2/c24-17-10-6-9-16(13-17)19-14-25-21(22(19)27)23(28)26-20-12-5-4-11-18(20)15-7-2-1-3-8-15/h1-13,19,21-22,25,27H,14H2,(H,26,28)/t19-,21+,22-/m1/s1. The first-order chi connectivity index (χ1) is 13.6. The average Bonchev–Trinajstić information content (AvgIpc) is 3.10. The van der Waals surface area contributed by atoms with Gasteiger partial charge in [-0.15, -0.1) is 0 Å². The first kappa shape index (κ1) is 18.3. The van der Waals surface area contributed by atoms with Crippen LogP contribution in [0.3, 0.4) is 0 Å². The maximum Gasteiger partial charge on any atom is 0.244 e. The van der Waals surface area contributed by atoms with Gasteiger partial charge < -0.3 is 15.7 Å². The van der Waals surface area contributed by atoms with Gasteiger partial charge in [-0.25, -0.2) is 4.39 Å². The molecule has 4 rings (SSSR count). The Balaban J connectivity index is 1.52. The highest BCUT2D eigenvalue weighted by Crippen LogP contribution is 2.30. The van der Waals surface area contributed by atoms with Crippen LogP contribution in [0.4, 0.5) is 10.1 Å². The Labute approximate surface area is 163 Å². The molecule has 0 aromatic heterocycles. The first-order valence-electron chi connectivity index (χ1n) is 9.26. The van der Waals surface area contributed by atoms with Crippen molar-refractivity contribution in [1.29, 1.82) is 0 Å². The van der Waals surface area contributed by atoms with Crippen LogP contribution in [-0.2, 0) is 4.79 Å². The highest BCUT2D eigenvalue weighted by Gasteiger charge is 2.39. The maximum absolute atomic E-state index is 13.5. The molecule has 1 amide bonds. The van der Waals surface area contributed by atoms with Crippen LogP contribution in [0.15, 0.2) is 78.9 Å². The molecule has 3 aromatic rings. The minimum Gasteiger partial charge on any atom is -0.390 e. The van der Waals surface area contributed by atoms with E-state index in [2.05, 4.69) is 10.6 Å². The summed E-state index contributed by atoms with van der Waals surface area (Å²) >= 11 is 0. The second-order valence-corrected chi connectivity index (χ2v) is 6.94. The predicted molar refractivity (Wildman–Crippen MR) is 107 cm³/mol. The number of hydrogen-bond acceptors (Lipinski definition) is 3. The van der Waals surface area contributed by atoms with E-state index >= 15 is 0 Å². The van der Waals surface area contributed by atoms with Crippen molar-refractivity contribution in [3.8, 4) is 11.1 Å². The smallest absolute Gasteiger partial charge is 0.244 e. The Kier molecular flexibility index (Phi) is 5.19. The summed E-state index contributed by atoms with van der Waals surface area (Å²) in [6.45, 7) is 0.406. The lowest BCUT2D eigenvalue weighted by Crippen LogP contribution is -2.42. The Morgan fingerprint density at radius 3 is 2.54 bits per heavy atom. The molecule has 3 atom stereocenters. The third-order valence-electron chi connectivity index (χ3n) is 5.14. The number of carbonyl (C=O) groups excluding carboxylic acids is 1. The number of aliphatic hydroxyl groups is 1. The molecular weight excluding hydrogens is 355 g/mol. The van der Waals surface area contributed by atoms with Gasteiger partial charge in [-0.1, -0.05) is 60.7 Å². The molecule has 0 spiro atoms. The van der Waals surface area contributed by atoms with Crippen molar-refractivity contribution in [2.24, 2.45) is 0 Å². The third kappa shape index (κ3) is 3.67. The second kappa shape index (κ2) is 7.92. The van der Waals surface area contributed by atoms with Crippen LogP contribution in [0.2, 0.25) is 0 Å². The molecule has 5 heteroatoms. The van der Waals surface area contributed by atoms with Gasteiger partial charge in [-0.3, -0.25) is 4.79 Å². The van der Waals surface area contributed by atoms with Crippen LogP contribution in [0.1, 0.15) is 11.5 Å². The molecule has 1 aliphatic rings. The summed E-state index contributed by atoms with van der Waals surface area (Å²) in [5, 5.41) is 16.7. The fraction of sp³-hybridized carbons (Fsp3) is 0.174. The topological polar surface area (TPSA) is 61.4 Å². The molecule has 0 bridgehead atoms. The van der Waals surface area contributed by atoms with E-state index < -0.39 is 12.1 Å². The number of amides is 1. The van der Waals surface area contributed by atoms with Crippen molar-refractivity contribution in [3.63, 3.8) is 0 Å². The maximum atomic E-state index is 13.5. The normalized spacial score (nSPS) is 21.4. The lowest BCUT2D eigenvalue weighted by atomic mass is 9.93. The Morgan fingerprint density at radius 2 is 1.75 bits per heavy atom. The number of halogens is 1. The van der Waals surface area contributed by atoms with Crippen LogP contribution in [-0.4, -0.2) is 29.7 Å². The van der Waals surface area contributed by atoms with E-state index in [1.807, 2.05) is 54.6 Å². The lowest BCUT2D eigenvalue weighted by Gasteiger charge is -2.19. The number of nitrogens with one attached hydrogen (secondary N) is 2. The zero-order valence-corrected chi connectivity index (χ0v) is 15.2. The molecule has 1 aliphatic heterocycles. The predicted octanol–water partition coefficient (Wildman–Crippen LogP) is 3.55. The van der Waals surface area contributed by atoms with E-state index in [4.69, 9.17) is 0 Å². The minimum atomic E-state index is -0.939. The quantitative estimate of drug-likeness (QED) is 0.653. The van der Waals surface area contributed by atoms with Crippen molar-refractivity contribution in [1.82, 2.24) is 5.32 Å². The van der Waals surface area contributed by atoms with Crippen molar-refractivity contribution in [2.45, 2.75) is 18.1 Å². The van der Waals surface area contributed by atoms with Gasteiger partial charge in [0, 0.05) is 23.7 Å². The number of benzene rings is 3. The number of hydrogen-bond donors (Lipinski definition) is 3. The first-order valence-corrected chi connectivity index (χ1v) is 9.26. The number of carbonyl (C=O) groups is 1. The van der Waals surface area contributed by atoms with Gasteiger partial charge in [-0.2, -0.15) is 0 Å². The van der Waals surface area contributed by atoms with Crippen molar-refractivity contribution >= 4 is 11.6 Å². The molecular formula is C23H21FN2O2. The second-order valence-electron chi connectivity index (χ2n) is 6.94. The van der Waals surface area contributed by atoms with Crippen LogP contribution < -0.4 is 10.6 Å². The SMILES string of the molecule is O=C(Nc1ccccc1-c1ccccc1)[C@H]1NC[C@H](c2cccc(F)c2)[C@H]1O. The van der Waals surface area contributed by atoms with E-state index in [1.54, 1.807) is 12.1 Å². The molecule has 0 radical (unpaired) electrons. The highest BCUT2D eigenvalue weighted by atomic mass is 19.1. The van der Waals surface area contributed by atoms with Crippen LogP contribution >= 0.6 is 0 Å². The summed E-state index contributed by atoms with van der Waals surface area (Å²) in [6.07, 6.45) is -0.939. The summed E-state index contributed by atoms with van der Waals surface area (Å²) < 4.78 is 13.5. The molecule has 1 fully saturated rings. The van der Waals surface area contributed by atoms with Crippen molar-refractivity contribution in [3.05, 3.63) is 90.2 Å². The van der Waals surface area contributed by atoms with Crippen LogP contribution in [0.25, 0.3) is 11.1 Å². The molecule has 142 valence electrons. The van der Waals surface area contributed by atoms with E-state index in [0.717, 1.165) is 11.1 Å². The fourth-order valence-electron chi connectivity index (χ4n) is 3.70. The average molecular weight is 376 g/mol. The Morgan fingerprint density at radius 1 is 1.00 bits per heavy atom. The summed E-state index contributed by atoms with van der Waals surface area (Å²) in [5.74, 6) is -1.00. The molecule has 3 N–H and O–H groups in total. The van der Waals surface area contributed by atoms with Gasteiger partial charge in [0.25, 0.3) is 0 Å². The summed E-state index contributed by atoms with van der Waals surface area (Å²) in [7, 11) is 0. The monoisotopic (exact) mass is 376 g/mol. The summed E-state index contributed by atoms with van der Waals surface area (Å²) in [6, 6.07) is 22.7. The van der Waals surface area contributed by atoms with Crippen LogP contribution in [0, 0.1) is 5.82 Å². The molecule has 28 heavy (non-hydrogen) atoms. The molecule has 1 saturated heterocycles. The van der Waals surface area contributed by atoms with Crippen molar-refractivity contribution in [2.75, 3.05) is 11.9 Å². The van der Waals surface area contributed by atoms with Crippen molar-refractivity contribution < 1.29 is 14.3 Å². The van der Waals surface area contributed by atoms with E-state index in [9.17, 15) is 14.3 Å². The van der Waals surface area contributed by atoms with Gasteiger partial charge in [0.2, 0.25) is 5.91 Å². The molecule has 3 aromatic carbocycles. The molecule has 1 heterocycles. The largest absolute Gasteiger partial charge is 0.390 e. The highest BCUT2D eigenvalue weighted by molar-refractivity contribution is 5.99. The molecule has 4 nitrogen and oxygen atoms in total.